The van der Waals surface area contributed by atoms with Crippen molar-refractivity contribution in [2.24, 2.45) is 5.92 Å². The molecule has 0 aliphatic carbocycles. The van der Waals surface area contributed by atoms with Crippen molar-refractivity contribution >= 4 is 27.7 Å². The third-order valence-electron chi connectivity index (χ3n) is 6.73. The van der Waals surface area contributed by atoms with E-state index in [1.807, 2.05) is 45.0 Å². The minimum absolute atomic E-state index is 0.0656. The summed E-state index contributed by atoms with van der Waals surface area (Å²) in [5.41, 5.74) is 2.68. The molecule has 0 saturated carbocycles. The third-order valence-corrected chi connectivity index (χ3v) is 8.13. The number of rotatable bonds is 12. The minimum atomic E-state index is -3.95. The Labute approximate surface area is 231 Å². The highest BCUT2D eigenvalue weighted by Crippen LogP contribution is 2.30. The smallest absolute Gasteiger partial charge is 0.263 e. The monoisotopic (exact) mass is 554 g/mol. The highest BCUT2D eigenvalue weighted by atomic mass is 32.2. The number of sulfonamides is 1. The summed E-state index contributed by atoms with van der Waals surface area (Å²) in [6.07, 6.45) is 2.00. The molecular weight excluding hydrogens is 516 g/mol. The van der Waals surface area contributed by atoms with Crippen LogP contribution >= 0.6 is 0 Å². The van der Waals surface area contributed by atoms with Crippen LogP contribution in [0.1, 0.15) is 56.9 Å². The van der Waals surface area contributed by atoms with E-state index in [4.69, 9.17) is 4.52 Å². The molecule has 0 saturated heterocycles. The summed E-state index contributed by atoms with van der Waals surface area (Å²) in [7, 11) is -2.38. The maximum atomic E-state index is 13.3. The molecule has 2 aromatic carbocycles. The van der Waals surface area contributed by atoms with Gasteiger partial charge in [0.15, 0.2) is 5.82 Å². The molecule has 0 fully saturated rings. The number of benzene rings is 2. The summed E-state index contributed by atoms with van der Waals surface area (Å²) in [5, 5.41) is 6.51. The van der Waals surface area contributed by atoms with Crippen molar-refractivity contribution in [3.05, 3.63) is 65.4 Å². The van der Waals surface area contributed by atoms with Crippen molar-refractivity contribution in [2.75, 3.05) is 11.8 Å². The lowest BCUT2D eigenvalue weighted by molar-refractivity contribution is -0.142. The number of unbranched alkanes of at least 4 members (excludes halogenated alkanes) is 1. The van der Waals surface area contributed by atoms with Crippen LogP contribution in [0.15, 0.2) is 57.9 Å². The maximum Gasteiger partial charge on any atom is 0.263 e. The number of carbonyl (C=O) groups is 2. The van der Waals surface area contributed by atoms with E-state index in [1.54, 1.807) is 50.1 Å². The highest BCUT2D eigenvalue weighted by molar-refractivity contribution is 7.92. The summed E-state index contributed by atoms with van der Waals surface area (Å²) in [5.74, 6) is 0.354. The van der Waals surface area contributed by atoms with Crippen LogP contribution in [-0.4, -0.2) is 43.4 Å². The molecule has 1 aromatic heterocycles. The second kappa shape index (κ2) is 12.9. The van der Waals surface area contributed by atoms with E-state index in [-0.39, 0.29) is 35.0 Å². The van der Waals surface area contributed by atoms with Crippen LogP contribution in [0.2, 0.25) is 0 Å². The van der Waals surface area contributed by atoms with Crippen molar-refractivity contribution < 1.29 is 22.5 Å². The number of hydrogen-bond acceptors (Lipinski definition) is 6. The van der Waals surface area contributed by atoms with Gasteiger partial charge in [-0.2, -0.15) is 0 Å². The predicted octanol–water partition coefficient (Wildman–Crippen LogP) is 5.05. The molecular formula is C29H38N4O5S. The number of hydrogen-bond donors (Lipinski definition) is 2. The fraction of sp³-hybridized carbons (Fsp3) is 0.414. The van der Waals surface area contributed by atoms with E-state index in [0.717, 1.165) is 18.4 Å². The lowest BCUT2D eigenvalue weighted by atomic mass is 9.99. The molecule has 0 bridgehead atoms. The fourth-order valence-electron chi connectivity index (χ4n) is 4.39. The Hall–Kier alpha value is -3.66. The third kappa shape index (κ3) is 7.06. The molecule has 3 aromatic rings. The van der Waals surface area contributed by atoms with Crippen molar-refractivity contribution in [1.82, 2.24) is 15.4 Å². The second-order valence-electron chi connectivity index (χ2n) is 9.94. The summed E-state index contributed by atoms with van der Waals surface area (Å²) in [4.78, 5) is 27.6. The van der Waals surface area contributed by atoms with Gasteiger partial charge in [-0.05, 0) is 43.4 Å². The van der Waals surface area contributed by atoms with Gasteiger partial charge in [-0.1, -0.05) is 74.8 Å². The first-order chi connectivity index (χ1) is 18.5. The van der Waals surface area contributed by atoms with Gasteiger partial charge < -0.3 is 14.7 Å². The van der Waals surface area contributed by atoms with Crippen molar-refractivity contribution in [3.8, 4) is 11.1 Å². The summed E-state index contributed by atoms with van der Waals surface area (Å²) in [6.45, 7) is 9.60. The molecule has 3 rings (SSSR count). The van der Waals surface area contributed by atoms with Crippen LogP contribution in [0.3, 0.4) is 0 Å². The van der Waals surface area contributed by atoms with E-state index in [9.17, 15) is 18.0 Å². The Bertz CT molecular complexity index is 1400. The molecule has 2 amide bonds. The number of amides is 2. The van der Waals surface area contributed by atoms with Gasteiger partial charge in [0.1, 0.15) is 11.8 Å². The van der Waals surface area contributed by atoms with Crippen molar-refractivity contribution in [2.45, 2.75) is 71.4 Å². The van der Waals surface area contributed by atoms with Gasteiger partial charge >= 0.3 is 0 Å². The Morgan fingerprint density at radius 2 is 1.72 bits per heavy atom. The van der Waals surface area contributed by atoms with E-state index < -0.39 is 16.1 Å². The predicted molar refractivity (Wildman–Crippen MR) is 151 cm³/mol. The lowest BCUT2D eigenvalue weighted by Gasteiger charge is -2.33. The molecule has 10 heteroatoms. The number of carbonyl (C=O) groups excluding carboxylic acids is 2. The van der Waals surface area contributed by atoms with Crippen LogP contribution in [0.5, 0.6) is 0 Å². The Morgan fingerprint density at radius 3 is 2.28 bits per heavy atom. The van der Waals surface area contributed by atoms with Gasteiger partial charge in [0, 0.05) is 31.1 Å². The Kier molecular flexibility index (Phi) is 9.91. The number of anilines is 1. The number of aryl methyl sites for hydroxylation is 1. The largest absolute Gasteiger partial charge is 0.359 e. The van der Waals surface area contributed by atoms with Gasteiger partial charge in [-0.3, -0.25) is 14.3 Å². The molecule has 1 heterocycles. The number of aromatic nitrogens is 1. The molecule has 1 unspecified atom stereocenters. The number of nitrogens with one attached hydrogen (secondary N) is 2. The zero-order valence-electron chi connectivity index (χ0n) is 23.4. The van der Waals surface area contributed by atoms with E-state index >= 15 is 0 Å². The van der Waals surface area contributed by atoms with Gasteiger partial charge in [0.05, 0.1) is 4.90 Å². The van der Waals surface area contributed by atoms with Crippen LogP contribution < -0.4 is 10.0 Å². The van der Waals surface area contributed by atoms with Gasteiger partial charge in [0.25, 0.3) is 10.0 Å². The first kappa shape index (κ1) is 29.9. The molecule has 0 aliphatic rings. The van der Waals surface area contributed by atoms with Crippen molar-refractivity contribution in [1.29, 1.82) is 0 Å². The van der Waals surface area contributed by atoms with Gasteiger partial charge in [0.2, 0.25) is 11.8 Å². The molecule has 1 atom stereocenters. The van der Waals surface area contributed by atoms with Crippen molar-refractivity contribution in [3.63, 3.8) is 0 Å². The first-order valence-corrected chi connectivity index (χ1v) is 14.6. The molecule has 0 radical (unpaired) electrons. The second-order valence-corrected chi connectivity index (χ2v) is 11.6. The van der Waals surface area contributed by atoms with Crippen LogP contribution in [-0.2, 0) is 26.2 Å². The topological polar surface area (TPSA) is 122 Å². The summed E-state index contributed by atoms with van der Waals surface area (Å²) in [6, 6.07) is 13.5. The van der Waals surface area contributed by atoms with Crippen LogP contribution in [0, 0.1) is 19.8 Å². The number of nitrogens with zero attached hydrogens (tertiary/aromatic N) is 2. The average Bonchev–Trinajstić information content (AvgIpc) is 3.23. The summed E-state index contributed by atoms with van der Waals surface area (Å²) < 4.78 is 34.2. The molecule has 39 heavy (non-hydrogen) atoms. The lowest BCUT2D eigenvalue weighted by Crippen LogP contribution is -2.51. The van der Waals surface area contributed by atoms with Crippen LogP contribution in [0.25, 0.3) is 11.1 Å². The SMILES string of the molecule is CCCCC(=O)N(Cc1ccc(-c2ccccc2S(=O)(=O)Nc2noc(C)c2C)cc1)C(C(=O)NC)C(C)C. The van der Waals surface area contributed by atoms with E-state index in [2.05, 4.69) is 15.2 Å². The standard InChI is InChI=1S/C29H38N4O5S/c1-7-8-13-26(34)33(27(19(2)3)29(35)30-6)18-22-14-16-23(17-15-22)24-11-9-10-12-25(24)39(36,37)32-28-20(4)21(5)38-31-28/h9-12,14-17,19,27H,7-8,13,18H2,1-6H3,(H,30,35)(H,31,32). The fourth-order valence-corrected chi connectivity index (χ4v) is 5.67. The Morgan fingerprint density at radius 1 is 1.05 bits per heavy atom. The Balaban J connectivity index is 1.91. The summed E-state index contributed by atoms with van der Waals surface area (Å²) >= 11 is 0. The van der Waals surface area contributed by atoms with E-state index in [0.29, 0.717) is 28.9 Å². The van der Waals surface area contributed by atoms with Crippen LogP contribution in [0.4, 0.5) is 5.82 Å². The molecule has 9 nitrogen and oxygen atoms in total. The molecule has 0 aliphatic heterocycles. The average molecular weight is 555 g/mol. The molecule has 210 valence electrons. The normalized spacial score (nSPS) is 12.3. The van der Waals surface area contributed by atoms with Gasteiger partial charge in [-0.25, -0.2) is 8.42 Å². The molecule has 0 spiro atoms. The zero-order chi connectivity index (χ0) is 28.7. The van der Waals surface area contributed by atoms with Gasteiger partial charge in [-0.15, -0.1) is 0 Å². The zero-order valence-corrected chi connectivity index (χ0v) is 24.3. The minimum Gasteiger partial charge on any atom is -0.359 e. The maximum absolute atomic E-state index is 13.3. The first-order valence-electron chi connectivity index (χ1n) is 13.1. The van der Waals surface area contributed by atoms with E-state index in [1.165, 1.54) is 0 Å². The quantitative estimate of drug-likeness (QED) is 0.323. The molecule has 2 N–H and O–H groups in total. The number of likely N-dealkylation sites (N-methyl/N-ethyl adjacent to an activating group) is 1. The highest BCUT2D eigenvalue weighted by Gasteiger charge is 2.31.